The first-order chi connectivity index (χ1) is 9.90. The highest BCUT2D eigenvalue weighted by Crippen LogP contribution is 2.35. The molecule has 2 aliphatic rings. The second-order valence-corrected chi connectivity index (χ2v) is 7.96. The van der Waals surface area contributed by atoms with Crippen LogP contribution in [0.15, 0.2) is 0 Å². The van der Waals surface area contributed by atoms with E-state index in [1.165, 1.54) is 12.8 Å². The van der Waals surface area contributed by atoms with Crippen molar-refractivity contribution >= 4 is 5.91 Å². The molecule has 1 aliphatic heterocycles. The Morgan fingerprint density at radius 1 is 1.10 bits per heavy atom. The maximum absolute atomic E-state index is 12.9. The Kier molecular flexibility index (Phi) is 5.70. The molecule has 2 rings (SSSR count). The molecule has 1 heterocycles. The topological polar surface area (TPSA) is 46.3 Å². The highest BCUT2D eigenvalue weighted by Gasteiger charge is 2.37. The Balaban J connectivity index is 1.96. The third-order valence-corrected chi connectivity index (χ3v) is 6.03. The van der Waals surface area contributed by atoms with Crippen LogP contribution in [-0.4, -0.2) is 29.9 Å². The molecule has 0 spiro atoms. The van der Waals surface area contributed by atoms with Crippen molar-refractivity contribution in [3.63, 3.8) is 0 Å². The predicted molar refractivity (Wildman–Crippen MR) is 87.8 cm³/mol. The van der Waals surface area contributed by atoms with Crippen LogP contribution in [0, 0.1) is 29.6 Å². The molecule has 5 unspecified atom stereocenters. The lowest BCUT2D eigenvalue weighted by Gasteiger charge is -2.38. The number of hydrogen-bond acceptors (Lipinski definition) is 2. The van der Waals surface area contributed by atoms with Gasteiger partial charge < -0.3 is 10.6 Å². The second-order valence-electron chi connectivity index (χ2n) is 7.96. The molecule has 122 valence electrons. The minimum absolute atomic E-state index is 0.159. The zero-order valence-electron chi connectivity index (χ0n) is 14.3. The molecule has 2 fully saturated rings. The van der Waals surface area contributed by atoms with Gasteiger partial charge >= 0.3 is 0 Å². The lowest BCUT2D eigenvalue weighted by molar-refractivity contribution is -0.139. The Bertz CT molecular complexity index is 355. The van der Waals surface area contributed by atoms with E-state index in [1.54, 1.807) is 0 Å². The fraction of sp³-hybridized carbons (Fsp3) is 0.944. The standard InChI is InChI=1S/C18H34N2O/c1-12(2)15-6-5-8-20(9-7-15)18(21)16-11-17(19)14(4)10-13(16)3/h12-17H,5-11,19H2,1-4H3. The van der Waals surface area contributed by atoms with Crippen LogP contribution in [0.25, 0.3) is 0 Å². The van der Waals surface area contributed by atoms with Crippen LogP contribution in [0.3, 0.4) is 0 Å². The summed E-state index contributed by atoms with van der Waals surface area (Å²) < 4.78 is 0. The molecule has 5 atom stereocenters. The van der Waals surface area contributed by atoms with E-state index in [2.05, 4.69) is 32.6 Å². The summed E-state index contributed by atoms with van der Waals surface area (Å²) in [4.78, 5) is 15.1. The van der Waals surface area contributed by atoms with Crippen molar-refractivity contribution in [2.45, 2.75) is 65.8 Å². The summed E-state index contributed by atoms with van der Waals surface area (Å²) >= 11 is 0. The van der Waals surface area contributed by atoms with Crippen LogP contribution in [0.5, 0.6) is 0 Å². The SMILES string of the molecule is CC(C)C1CCCN(C(=O)C2CC(N)C(C)CC2C)CC1. The van der Waals surface area contributed by atoms with E-state index in [0.717, 1.165) is 44.2 Å². The molecular formula is C18H34N2O. The quantitative estimate of drug-likeness (QED) is 0.849. The van der Waals surface area contributed by atoms with Crippen LogP contribution in [-0.2, 0) is 4.79 Å². The normalized spacial score (nSPS) is 38.4. The van der Waals surface area contributed by atoms with Gasteiger partial charge in [0, 0.05) is 25.0 Å². The van der Waals surface area contributed by atoms with Gasteiger partial charge in [-0.3, -0.25) is 4.79 Å². The zero-order valence-corrected chi connectivity index (χ0v) is 14.3. The lowest BCUT2D eigenvalue weighted by atomic mass is 9.72. The summed E-state index contributed by atoms with van der Waals surface area (Å²) in [7, 11) is 0. The van der Waals surface area contributed by atoms with Crippen molar-refractivity contribution in [3.05, 3.63) is 0 Å². The van der Waals surface area contributed by atoms with Crippen molar-refractivity contribution in [1.29, 1.82) is 0 Å². The Morgan fingerprint density at radius 2 is 1.81 bits per heavy atom. The van der Waals surface area contributed by atoms with Gasteiger partial charge in [-0.05, 0) is 55.8 Å². The third kappa shape index (κ3) is 4.00. The van der Waals surface area contributed by atoms with E-state index in [9.17, 15) is 4.79 Å². The molecule has 0 aromatic heterocycles. The highest BCUT2D eigenvalue weighted by molar-refractivity contribution is 5.79. The van der Waals surface area contributed by atoms with Crippen molar-refractivity contribution < 1.29 is 4.79 Å². The molecular weight excluding hydrogens is 260 g/mol. The first-order valence-electron chi connectivity index (χ1n) is 8.94. The second kappa shape index (κ2) is 7.13. The Labute approximate surface area is 130 Å². The zero-order chi connectivity index (χ0) is 15.6. The average molecular weight is 294 g/mol. The number of hydrogen-bond donors (Lipinski definition) is 1. The van der Waals surface area contributed by atoms with Gasteiger partial charge in [0.25, 0.3) is 0 Å². The molecule has 3 nitrogen and oxygen atoms in total. The van der Waals surface area contributed by atoms with E-state index in [0.29, 0.717) is 17.7 Å². The molecule has 0 bridgehead atoms. The Morgan fingerprint density at radius 3 is 2.48 bits per heavy atom. The first-order valence-corrected chi connectivity index (χ1v) is 8.94. The van der Waals surface area contributed by atoms with Crippen LogP contribution in [0.2, 0.25) is 0 Å². The predicted octanol–water partition coefficient (Wildman–Crippen LogP) is 3.28. The van der Waals surface area contributed by atoms with Crippen LogP contribution >= 0.6 is 0 Å². The molecule has 1 aliphatic carbocycles. The number of carbonyl (C=O) groups is 1. The lowest BCUT2D eigenvalue weighted by Crippen LogP contribution is -2.46. The molecule has 0 aromatic rings. The van der Waals surface area contributed by atoms with E-state index in [-0.39, 0.29) is 12.0 Å². The van der Waals surface area contributed by atoms with Crippen molar-refractivity contribution in [2.75, 3.05) is 13.1 Å². The van der Waals surface area contributed by atoms with Gasteiger partial charge in [0.05, 0.1) is 0 Å². The number of likely N-dealkylation sites (tertiary alicyclic amines) is 1. The number of nitrogens with zero attached hydrogens (tertiary/aromatic N) is 1. The molecule has 3 heteroatoms. The minimum Gasteiger partial charge on any atom is -0.342 e. The molecule has 1 saturated heterocycles. The van der Waals surface area contributed by atoms with Crippen molar-refractivity contribution in [2.24, 2.45) is 35.3 Å². The Hall–Kier alpha value is -0.570. The van der Waals surface area contributed by atoms with Crippen molar-refractivity contribution in [3.8, 4) is 0 Å². The van der Waals surface area contributed by atoms with Gasteiger partial charge in [-0.2, -0.15) is 0 Å². The monoisotopic (exact) mass is 294 g/mol. The van der Waals surface area contributed by atoms with E-state index in [4.69, 9.17) is 5.73 Å². The summed E-state index contributed by atoms with van der Waals surface area (Å²) in [5, 5.41) is 0. The summed E-state index contributed by atoms with van der Waals surface area (Å²) in [6.07, 6.45) is 5.59. The van der Waals surface area contributed by atoms with E-state index < -0.39 is 0 Å². The number of carbonyl (C=O) groups excluding carboxylic acids is 1. The van der Waals surface area contributed by atoms with Gasteiger partial charge in [-0.15, -0.1) is 0 Å². The first kappa shape index (κ1) is 16.8. The number of rotatable bonds is 2. The molecule has 1 amide bonds. The van der Waals surface area contributed by atoms with Crippen molar-refractivity contribution in [1.82, 2.24) is 4.90 Å². The number of amides is 1. The molecule has 0 radical (unpaired) electrons. The minimum atomic E-state index is 0.159. The van der Waals surface area contributed by atoms with Gasteiger partial charge in [0.2, 0.25) is 5.91 Å². The van der Waals surface area contributed by atoms with Gasteiger partial charge in [0.15, 0.2) is 0 Å². The maximum atomic E-state index is 12.9. The van der Waals surface area contributed by atoms with E-state index in [1.807, 2.05) is 0 Å². The highest BCUT2D eigenvalue weighted by atomic mass is 16.2. The third-order valence-electron chi connectivity index (χ3n) is 6.03. The maximum Gasteiger partial charge on any atom is 0.226 e. The van der Waals surface area contributed by atoms with E-state index >= 15 is 0 Å². The molecule has 1 saturated carbocycles. The molecule has 21 heavy (non-hydrogen) atoms. The fourth-order valence-electron chi connectivity index (χ4n) is 4.27. The summed E-state index contributed by atoms with van der Waals surface area (Å²) in [6, 6.07) is 0.200. The van der Waals surface area contributed by atoms with Gasteiger partial charge in [-0.1, -0.05) is 27.7 Å². The van der Waals surface area contributed by atoms with Crippen LogP contribution in [0.1, 0.15) is 59.8 Å². The molecule has 2 N–H and O–H groups in total. The average Bonchev–Trinajstić information content (AvgIpc) is 2.68. The van der Waals surface area contributed by atoms with Gasteiger partial charge in [-0.25, -0.2) is 0 Å². The summed E-state index contributed by atoms with van der Waals surface area (Å²) in [5.74, 6) is 3.10. The summed E-state index contributed by atoms with van der Waals surface area (Å²) in [6.45, 7) is 11.0. The summed E-state index contributed by atoms with van der Waals surface area (Å²) in [5.41, 5.74) is 6.22. The fourth-order valence-corrected chi connectivity index (χ4v) is 4.27. The van der Waals surface area contributed by atoms with Crippen LogP contribution in [0.4, 0.5) is 0 Å². The largest absolute Gasteiger partial charge is 0.342 e. The van der Waals surface area contributed by atoms with Gasteiger partial charge in [0.1, 0.15) is 0 Å². The number of nitrogens with two attached hydrogens (primary N) is 1. The smallest absolute Gasteiger partial charge is 0.226 e. The molecule has 0 aromatic carbocycles. The van der Waals surface area contributed by atoms with Crippen LogP contribution < -0.4 is 5.73 Å².